The zero-order valence-electron chi connectivity index (χ0n) is 17.4. The Morgan fingerprint density at radius 1 is 1.20 bits per heavy atom. The molecule has 1 aromatic heterocycles. The van der Waals surface area contributed by atoms with Crippen LogP contribution in [0.4, 0.5) is 5.69 Å². The number of nitrogens with two attached hydrogens (primary N) is 1. The molecule has 1 aromatic carbocycles. The third-order valence-electron chi connectivity index (χ3n) is 6.12. The van der Waals surface area contributed by atoms with Gasteiger partial charge in [-0.15, -0.1) is 5.10 Å². The van der Waals surface area contributed by atoms with E-state index in [4.69, 9.17) is 10.5 Å². The molecule has 2 aliphatic rings. The maximum atomic E-state index is 10.1. The largest absolute Gasteiger partial charge is 0.420 e. The van der Waals surface area contributed by atoms with Gasteiger partial charge in [0, 0.05) is 37.6 Å². The standard InChI is InChI=1S/C22H25N7O/c1-13(2)22(18(12-24)20(25)30-21-19(22)14(3)27-28-21)16-8-15(11-23)9-17(10-16)29-6-4-26-5-7-29/h8-10,13,26H,4-7,25H2,1-3H3,(H,27,28). The predicted octanol–water partition coefficient (Wildman–Crippen LogP) is 2.03. The molecule has 154 valence electrons. The first-order chi connectivity index (χ1) is 14.4. The summed E-state index contributed by atoms with van der Waals surface area (Å²) in [5.41, 5.74) is 9.65. The fourth-order valence-electron chi connectivity index (χ4n) is 4.77. The number of nitrogens with zero attached hydrogens (tertiary/aromatic N) is 4. The van der Waals surface area contributed by atoms with Gasteiger partial charge in [0.1, 0.15) is 11.6 Å². The Morgan fingerprint density at radius 2 is 1.93 bits per heavy atom. The highest BCUT2D eigenvalue weighted by molar-refractivity contribution is 5.66. The molecule has 0 bridgehead atoms. The van der Waals surface area contributed by atoms with Crippen LogP contribution in [0.2, 0.25) is 0 Å². The number of anilines is 1. The third-order valence-corrected chi connectivity index (χ3v) is 6.12. The summed E-state index contributed by atoms with van der Waals surface area (Å²) in [6.45, 7) is 9.49. The lowest BCUT2D eigenvalue weighted by Gasteiger charge is -2.41. The number of rotatable bonds is 3. The summed E-state index contributed by atoms with van der Waals surface area (Å²) in [7, 11) is 0. The molecule has 2 aromatic rings. The fourth-order valence-corrected chi connectivity index (χ4v) is 4.77. The minimum Gasteiger partial charge on any atom is -0.420 e. The first-order valence-corrected chi connectivity index (χ1v) is 10.1. The molecule has 3 heterocycles. The summed E-state index contributed by atoms with van der Waals surface area (Å²) >= 11 is 0. The van der Waals surface area contributed by atoms with Gasteiger partial charge in [-0.2, -0.15) is 10.5 Å². The predicted molar refractivity (Wildman–Crippen MR) is 113 cm³/mol. The molecule has 0 amide bonds. The number of piperazine rings is 1. The van der Waals surface area contributed by atoms with Gasteiger partial charge in [0.05, 0.1) is 22.6 Å². The van der Waals surface area contributed by atoms with Crippen LogP contribution in [0.1, 0.15) is 36.2 Å². The molecule has 1 saturated heterocycles. The molecule has 30 heavy (non-hydrogen) atoms. The van der Waals surface area contributed by atoms with Gasteiger partial charge in [-0.05, 0) is 36.6 Å². The van der Waals surface area contributed by atoms with Crippen LogP contribution >= 0.6 is 0 Å². The third kappa shape index (κ3) is 2.80. The van der Waals surface area contributed by atoms with Crippen LogP contribution in [0.25, 0.3) is 0 Å². The Morgan fingerprint density at radius 3 is 2.57 bits per heavy atom. The Labute approximate surface area is 175 Å². The molecular formula is C22H25N7O. The smallest absolute Gasteiger partial charge is 0.244 e. The van der Waals surface area contributed by atoms with Crippen LogP contribution < -0.4 is 20.7 Å². The van der Waals surface area contributed by atoms with Gasteiger partial charge in [0.15, 0.2) is 0 Å². The second-order valence-corrected chi connectivity index (χ2v) is 8.06. The fraction of sp³-hybridized carbons (Fsp3) is 0.409. The molecular weight excluding hydrogens is 378 g/mol. The van der Waals surface area contributed by atoms with Crippen LogP contribution in [-0.4, -0.2) is 36.4 Å². The van der Waals surface area contributed by atoms with Crippen molar-refractivity contribution in [2.45, 2.75) is 26.2 Å². The van der Waals surface area contributed by atoms with Gasteiger partial charge in [-0.1, -0.05) is 13.8 Å². The summed E-state index contributed by atoms with van der Waals surface area (Å²) in [6, 6.07) is 10.4. The average molecular weight is 403 g/mol. The lowest BCUT2D eigenvalue weighted by molar-refractivity contribution is 0.323. The molecule has 4 rings (SSSR count). The van der Waals surface area contributed by atoms with Gasteiger partial charge < -0.3 is 20.7 Å². The second kappa shape index (κ2) is 7.40. The van der Waals surface area contributed by atoms with Crippen LogP contribution in [0.15, 0.2) is 29.7 Å². The van der Waals surface area contributed by atoms with E-state index in [1.807, 2.05) is 19.1 Å². The van der Waals surface area contributed by atoms with E-state index in [0.29, 0.717) is 17.0 Å². The number of aryl methyl sites for hydroxylation is 1. The van der Waals surface area contributed by atoms with E-state index in [-0.39, 0.29) is 11.8 Å². The number of hydrogen-bond acceptors (Lipinski definition) is 7. The first-order valence-electron chi connectivity index (χ1n) is 10.1. The second-order valence-electron chi connectivity index (χ2n) is 8.06. The van der Waals surface area contributed by atoms with Gasteiger partial charge >= 0.3 is 0 Å². The summed E-state index contributed by atoms with van der Waals surface area (Å²) < 4.78 is 5.70. The Bertz CT molecular complexity index is 1100. The van der Waals surface area contributed by atoms with Crippen molar-refractivity contribution in [2.24, 2.45) is 11.7 Å². The molecule has 0 saturated carbocycles. The number of benzene rings is 1. The van der Waals surface area contributed by atoms with Crippen molar-refractivity contribution >= 4 is 5.69 Å². The monoisotopic (exact) mass is 403 g/mol. The Hall–Kier alpha value is -3.49. The van der Waals surface area contributed by atoms with Crippen LogP contribution in [-0.2, 0) is 5.41 Å². The molecule has 0 radical (unpaired) electrons. The number of allylic oxidation sites excluding steroid dienone is 1. The lowest BCUT2D eigenvalue weighted by Crippen LogP contribution is -2.44. The van der Waals surface area contributed by atoms with Gasteiger partial charge in [0.2, 0.25) is 11.8 Å². The molecule has 8 nitrogen and oxygen atoms in total. The van der Waals surface area contributed by atoms with E-state index >= 15 is 0 Å². The van der Waals surface area contributed by atoms with Crippen LogP contribution in [0, 0.1) is 35.5 Å². The molecule has 1 unspecified atom stereocenters. The van der Waals surface area contributed by atoms with E-state index in [9.17, 15) is 10.5 Å². The zero-order chi connectivity index (χ0) is 21.5. The molecule has 0 aliphatic carbocycles. The van der Waals surface area contributed by atoms with Crippen molar-refractivity contribution in [3.63, 3.8) is 0 Å². The Kier molecular flexibility index (Phi) is 4.89. The summed E-state index contributed by atoms with van der Waals surface area (Å²) in [6.07, 6.45) is 0. The summed E-state index contributed by atoms with van der Waals surface area (Å²) in [4.78, 5) is 2.26. The highest BCUT2D eigenvalue weighted by Crippen LogP contribution is 2.53. The van der Waals surface area contributed by atoms with Crippen molar-refractivity contribution in [3.05, 3.63) is 52.0 Å². The van der Waals surface area contributed by atoms with E-state index < -0.39 is 5.41 Å². The number of aromatic nitrogens is 2. The summed E-state index contributed by atoms with van der Waals surface area (Å²) in [5, 5.41) is 30.5. The Balaban J connectivity index is 2.04. The van der Waals surface area contributed by atoms with Crippen molar-refractivity contribution < 1.29 is 4.74 Å². The lowest BCUT2D eigenvalue weighted by atomic mass is 9.61. The number of hydrogen-bond donors (Lipinski definition) is 3. The minimum atomic E-state index is -0.876. The number of aromatic amines is 1. The van der Waals surface area contributed by atoms with Gasteiger partial charge in [0.25, 0.3) is 0 Å². The average Bonchev–Trinajstić information content (AvgIpc) is 3.13. The maximum absolute atomic E-state index is 10.1. The van der Waals surface area contributed by atoms with Crippen LogP contribution in [0.5, 0.6) is 5.88 Å². The normalized spacial score (nSPS) is 21.1. The molecule has 2 aliphatic heterocycles. The highest BCUT2D eigenvalue weighted by Gasteiger charge is 2.50. The van der Waals surface area contributed by atoms with Crippen molar-refractivity contribution in [1.29, 1.82) is 10.5 Å². The van der Waals surface area contributed by atoms with Crippen molar-refractivity contribution in [3.8, 4) is 18.0 Å². The van der Waals surface area contributed by atoms with Crippen molar-refractivity contribution in [1.82, 2.24) is 15.5 Å². The van der Waals surface area contributed by atoms with E-state index in [0.717, 1.165) is 48.7 Å². The van der Waals surface area contributed by atoms with Gasteiger partial charge in [-0.25, -0.2) is 0 Å². The van der Waals surface area contributed by atoms with Gasteiger partial charge in [-0.3, -0.25) is 5.10 Å². The van der Waals surface area contributed by atoms with Crippen molar-refractivity contribution in [2.75, 3.05) is 31.1 Å². The zero-order valence-corrected chi connectivity index (χ0v) is 17.4. The maximum Gasteiger partial charge on any atom is 0.244 e. The van der Waals surface area contributed by atoms with E-state index in [1.54, 1.807) is 0 Å². The molecule has 0 spiro atoms. The number of ether oxygens (including phenoxy) is 1. The number of nitriles is 2. The number of fused-ring (bicyclic) bond motifs is 1. The number of H-pyrrole nitrogens is 1. The first kappa shape index (κ1) is 19.8. The molecule has 1 atom stereocenters. The quantitative estimate of drug-likeness (QED) is 0.715. The SMILES string of the molecule is Cc1[nH]nc2c1C(c1cc(C#N)cc(N3CCNCC3)c1)(C(C)C)C(C#N)=C(N)O2. The number of nitrogens with one attached hydrogen (secondary N) is 2. The molecule has 8 heteroatoms. The highest BCUT2D eigenvalue weighted by atomic mass is 16.5. The van der Waals surface area contributed by atoms with E-state index in [2.05, 4.69) is 52.5 Å². The topological polar surface area (TPSA) is 127 Å². The van der Waals surface area contributed by atoms with Crippen LogP contribution in [0.3, 0.4) is 0 Å². The molecule has 1 fully saturated rings. The van der Waals surface area contributed by atoms with E-state index in [1.165, 1.54) is 0 Å². The summed E-state index contributed by atoms with van der Waals surface area (Å²) in [5.74, 6) is 0.384. The molecule has 4 N–H and O–H groups in total. The minimum absolute atomic E-state index is 0.0468.